The van der Waals surface area contributed by atoms with Crippen LogP contribution in [0.3, 0.4) is 0 Å². The van der Waals surface area contributed by atoms with Crippen molar-refractivity contribution < 1.29 is 4.79 Å². The quantitative estimate of drug-likeness (QED) is 0.710. The molecule has 1 amide bonds. The highest BCUT2D eigenvalue weighted by molar-refractivity contribution is 5.84. The number of rotatable bonds is 7. The van der Waals surface area contributed by atoms with E-state index in [0.717, 1.165) is 49.3 Å². The predicted molar refractivity (Wildman–Crippen MR) is 118 cm³/mol. The molecule has 0 saturated carbocycles. The van der Waals surface area contributed by atoms with Gasteiger partial charge in [-0.2, -0.15) is 5.26 Å². The van der Waals surface area contributed by atoms with Crippen LogP contribution in [0.25, 0.3) is 11.1 Å². The maximum absolute atomic E-state index is 12.6. The first-order chi connectivity index (χ1) is 14.1. The van der Waals surface area contributed by atoms with Crippen molar-refractivity contribution in [1.29, 1.82) is 5.26 Å². The molecule has 152 valence electrons. The summed E-state index contributed by atoms with van der Waals surface area (Å²) in [5, 5.41) is 14.9. The monoisotopic (exact) mass is 390 g/mol. The van der Waals surface area contributed by atoms with Gasteiger partial charge in [0.1, 0.15) is 6.54 Å². The lowest BCUT2D eigenvalue weighted by Gasteiger charge is -2.29. The Balaban J connectivity index is 1.81. The number of benzene rings is 2. The van der Waals surface area contributed by atoms with Crippen molar-refractivity contribution in [3.63, 3.8) is 0 Å². The Hall–Kier alpha value is -2.84. The zero-order chi connectivity index (χ0) is 20.6. The third kappa shape index (κ3) is 5.58. The van der Waals surface area contributed by atoms with Crippen molar-refractivity contribution in [3.8, 4) is 17.2 Å². The van der Waals surface area contributed by atoms with E-state index in [0.29, 0.717) is 5.92 Å². The van der Waals surface area contributed by atoms with Crippen LogP contribution in [0.5, 0.6) is 0 Å². The van der Waals surface area contributed by atoms with E-state index in [2.05, 4.69) is 65.8 Å². The highest BCUT2D eigenvalue weighted by Crippen LogP contribution is 2.29. The summed E-state index contributed by atoms with van der Waals surface area (Å²) in [7, 11) is 0. The smallest absolute Gasteiger partial charge is 0.228 e. The molecule has 1 saturated heterocycles. The second kappa shape index (κ2) is 10.1. The Labute approximate surface area is 173 Å². The van der Waals surface area contributed by atoms with E-state index in [9.17, 15) is 4.79 Å². The second-order valence-corrected chi connectivity index (χ2v) is 7.97. The molecule has 1 aliphatic rings. The highest BCUT2D eigenvalue weighted by Gasteiger charge is 2.22. The predicted octanol–water partition coefficient (Wildman–Crippen LogP) is 3.53. The van der Waals surface area contributed by atoms with Crippen LogP contribution in [0.15, 0.2) is 48.5 Å². The van der Waals surface area contributed by atoms with Crippen molar-refractivity contribution in [2.24, 2.45) is 5.92 Å². The molecule has 1 aliphatic heterocycles. The SMILES string of the molecule is CC(C)C[C@H](C(=O)NCC#N)c1cccc(-c2ccc(N3CCNCC3)cc2)c1. The van der Waals surface area contributed by atoms with Gasteiger partial charge in [-0.25, -0.2) is 0 Å². The van der Waals surface area contributed by atoms with E-state index in [4.69, 9.17) is 5.26 Å². The maximum atomic E-state index is 12.6. The van der Waals surface area contributed by atoms with Gasteiger partial charge in [0.2, 0.25) is 5.91 Å². The van der Waals surface area contributed by atoms with Gasteiger partial charge in [-0.05, 0) is 41.2 Å². The summed E-state index contributed by atoms with van der Waals surface area (Å²) >= 11 is 0. The van der Waals surface area contributed by atoms with Crippen molar-refractivity contribution in [2.75, 3.05) is 37.6 Å². The fourth-order valence-corrected chi connectivity index (χ4v) is 3.84. The summed E-state index contributed by atoms with van der Waals surface area (Å²) in [6.07, 6.45) is 0.753. The van der Waals surface area contributed by atoms with Gasteiger partial charge in [0.05, 0.1) is 12.0 Å². The fraction of sp³-hybridized carbons (Fsp3) is 0.417. The zero-order valence-corrected chi connectivity index (χ0v) is 17.3. The molecule has 0 aliphatic carbocycles. The second-order valence-electron chi connectivity index (χ2n) is 7.97. The fourth-order valence-electron chi connectivity index (χ4n) is 3.84. The summed E-state index contributed by atoms with van der Waals surface area (Å²) < 4.78 is 0. The summed E-state index contributed by atoms with van der Waals surface area (Å²) in [6.45, 7) is 8.38. The van der Waals surface area contributed by atoms with Gasteiger partial charge in [-0.3, -0.25) is 4.79 Å². The van der Waals surface area contributed by atoms with Gasteiger partial charge in [-0.15, -0.1) is 0 Å². The van der Waals surface area contributed by atoms with Gasteiger partial charge in [-0.1, -0.05) is 50.2 Å². The van der Waals surface area contributed by atoms with Crippen molar-refractivity contribution >= 4 is 11.6 Å². The Morgan fingerprint density at radius 1 is 1.14 bits per heavy atom. The van der Waals surface area contributed by atoms with Crippen molar-refractivity contribution in [2.45, 2.75) is 26.2 Å². The minimum Gasteiger partial charge on any atom is -0.369 e. The number of carbonyl (C=O) groups excluding carboxylic acids is 1. The molecule has 0 bridgehead atoms. The molecular weight excluding hydrogens is 360 g/mol. The molecule has 2 aromatic carbocycles. The Bertz CT molecular complexity index is 848. The number of carbonyl (C=O) groups is 1. The number of hydrogen-bond donors (Lipinski definition) is 2. The summed E-state index contributed by atoms with van der Waals surface area (Å²) in [6, 6.07) is 18.9. The van der Waals surface area contributed by atoms with Crippen LogP contribution in [-0.2, 0) is 4.79 Å². The molecule has 1 fully saturated rings. The third-order valence-electron chi connectivity index (χ3n) is 5.34. The Kier molecular flexibility index (Phi) is 7.26. The summed E-state index contributed by atoms with van der Waals surface area (Å²) in [5.41, 5.74) is 4.50. The molecule has 0 radical (unpaired) electrons. The lowest BCUT2D eigenvalue weighted by atomic mass is 9.88. The Morgan fingerprint density at radius 2 is 1.86 bits per heavy atom. The first kappa shape index (κ1) is 20.9. The number of anilines is 1. The molecule has 3 rings (SSSR count). The third-order valence-corrected chi connectivity index (χ3v) is 5.34. The first-order valence-corrected chi connectivity index (χ1v) is 10.4. The molecule has 0 unspecified atom stereocenters. The zero-order valence-electron chi connectivity index (χ0n) is 17.3. The van der Waals surface area contributed by atoms with E-state index in [1.54, 1.807) is 0 Å². The number of hydrogen-bond acceptors (Lipinski definition) is 4. The number of nitrogens with zero attached hydrogens (tertiary/aromatic N) is 2. The molecule has 2 aromatic rings. The minimum atomic E-state index is -0.247. The summed E-state index contributed by atoms with van der Waals surface area (Å²) in [4.78, 5) is 15.0. The van der Waals surface area contributed by atoms with Crippen LogP contribution in [0.4, 0.5) is 5.69 Å². The molecule has 29 heavy (non-hydrogen) atoms. The molecule has 2 N–H and O–H groups in total. The van der Waals surface area contributed by atoms with E-state index in [1.165, 1.54) is 5.69 Å². The number of piperazine rings is 1. The van der Waals surface area contributed by atoms with E-state index < -0.39 is 0 Å². The lowest BCUT2D eigenvalue weighted by Crippen LogP contribution is -2.43. The van der Waals surface area contributed by atoms with E-state index in [1.807, 2.05) is 18.2 Å². The van der Waals surface area contributed by atoms with E-state index in [-0.39, 0.29) is 18.4 Å². The molecular formula is C24H30N4O. The molecule has 1 atom stereocenters. The normalized spacial score (nSPS) is 15.0. The number of nitriles is 1. The summed E-state index contributed by atoms with van der Waals surface area (Å²) in [5.74, 6) is 0.0599. The standard InChI is InChI=1S/C24H30N4O/c1-18(2)16-23(24(29)27-11-10-25)21-5-3-4-20(17-21)19-6-8-22(9-7-19)28-14-12-26-13-15-28/h3-9,17-18,23,26H,11-16H2,1-2H3,(H,27,29)/t23-/m0/s1. The van der Waals surface area contributed by atoms with Crippen LogP contribution in [0, 0.1) is 17.2 Å². The van der Waals surface area contributed by atoms with Gasteiger partial charge in [0.25, 0.3) is 0 Å². The van der Waals surface area contributed by atoms with Gasteiger partial charge in [0, 0.05) is 31.9 Å². The van der Waals surface area contributed by atoms with Gasteiger partial charge >= 0.3 is 0 Å². The molecule has 5 nitrogen and oxygen atoms in total. The molecule has 0 spiro atoms. The highest BCUT2D eigenvalue weighted by atomic mass is 16.1. The number of amides is 1. The molecule has 5 heteroatoms. The largest absolute Gasteiger partial charge is 0.369 e. The lowest BCUT2D eigenvalue weighted by molar-refractivity contribution is -0.122. The van der Waals surface area contributed by atoms with Crippen LogP contribution >= 0.6 is 0 Å². The van der Waals surface area contributed by atoms with Crippen molar-refractivity contribution in [1.82, 2.24) is 10.6 Å². The van der Waals surface area contributed by atoms with Gasteiger partial charge < -0.3 is 15.5 Å². The molecule has 1 heterocycles. The average molecular weight is 391 g/mol. The Morgan fingerprint density at radius 3 is 2.52 bits per heavy atom. The van der Waals surface area contributed by atoms with Crippen LogP contribution in [0.1, 0.15) is 31.7 Å². The van der Waals surface area contributed by atoms with Crippen LogP contribution in [-0.4, -0.2) is 38.6 Å². The maximum Gasteiger partial charge on any atom is 0.228 e. The van der Waals surface area contributed by atoms with Gasteiger partial charge in [0.15, 0.2) is 0 Å². The number of nitrogens with one attached hydrogen (secondary N) is 2. The molecule has 0 aromatic heterocycles. The van der Waals surface area contributed by atoms with Crippen LogP contribution < -0.4 is 15.5 Å². The van der Waals surface area contributed by atoms with E-state index >= 15 is 0 Å². The average Bonchev–Trinajstić information content (AvgIpc) is 2.76. The topological polar surface area (TPSA) is 68.2 Å². The van der Waals surface area contributed by atoms with Crippen LogP contribution in [0.2, 0.25) is 0 Å². The first-order valence-electron chi connectivity index (χ1n) is 10.4. The minimum absolute atomic E-state index is 0.0423. The van der Waals surface area contributed by atoms with Crippen molar-refractivity contribution in [3.05, 3.63) is 54.1 Å².